The van der Waals surface area contributed by atoms with Crippen LogP contribution in [-0.4, -0.2) is 40.3 Å². The summed E-state index contributed by atoms with van der Waals surface area (Å²) in [6.45, 7) is 4.91. The van der Waals surface area contributed by atoms with Crippen LogP contribution in [-0.2, 0) is 16.1 Å². The van der Waals surface area contributed by atoms with Crippen LogP contribution < -0.4 is 10.6 Å². The number of nitrogens with zero attached hydrogens (tertiary/aromatic N) is 1. The summed E-state index contributed by atoms with van der Waals surface area (Å²) in [4.78, 5) is 27.3. The second kappa shape index (κ2) is 7.58. The van der Waals surface area contributed by atoms with Crippen LogP contribution in [0.1, 0.15) is 26.3 Å². The molecule has 21 heavy (non-hydrogen) atoms. The fraction of sp³-hybridized carbons (Fsp3) is 0.500. The van der Waals surface area contributed by atoms with Crippen LogP contribution in [0.15, 0.2) is 24.5 Å². The molecule has 0 aliphatic rings. The van der Waals surface area contributed by atoms with Crippen molar-refractivity contribution in [2.24, 2.45) is 0 Å². The van der Waals surface area contributed by atoms with E-state index in [-0.39, 0.29) is 6.54 Å². The van der Waals surface area contributed by atoms with E-state index in [1.807, 2.05) is 0 Å². The first kappa shape index (κ1) is 16.9. The molecule has 0 saturated heterocycles. The summed E-state index contributed by atoms with van der Waals surface area (Å²) < 4.78 is 5.03. The molecule has 1 unspecified atom stereocenters. The normalized spacial score (nSPS) is 12.4. The zero-order valence-electron chi connectivity index (χ0n) is 12.4. The lowest BCUT2D eigenvalue weighted by molar-refractivity contribution is -0.124. The van der Waals surface area contributed by atoms with Gasteiger partial charge in [0.2, 0.25) is 5.91 Å². The molecule has 7 heteroatoms. The van der Waals surface area contributed by atoms with Gasteiger partial charge in [-0.1, -0.05) is 0 Å². The number of alkyl carbamates (subject to hydrolysis) is 1. The third-order valence-electron chi connectivity index (χ3n) is 2.41. The van der Waals surface area contributed by atoms with E-state index in [2.05, 4.69) is 15.6 Å². The molecular weight excluding hydrogens is 274 g/mol. The number of aliphatic hydroxyl groups excluding tert-OH is 1. The smallest absolute Gasteiger partial charge is 0.408 e. The average Bonchev–Trinajstić information content (AvgIpc) is 2.41. The van der Waals surface area contributed by atoms with Crippen LogP contribution in [0.25, 0.3) is 0 Å². The molecule has 7 nitrogen and oxygen atoms in total. The Morgan fingerprint density at radius 1 is 1.33 bits per heavy atom. The molecule has 0 aromatic carbocycles. The van der Waals surface area contributed by atoms with E-state index >= 15 is 0 Å². The first-order valence-electron chi connectivity index (χ1n) is 6.59. The highest BCUT2D eigenvalue weighted by Crippen LogP contribution is 2.06. The van der Waals surface area contributed by atoms with Crippen molar-refractivity contribution in [3.63, 3.8) is 0 Å². The van der Waals surface area contributed by atoms with Gasteiger partial charge in [-0.2, -0.15) is 0 Å². The van der Waals surface area contributed by atoms with Gasteiger partial charge in [0.1, 0.15) is 11.6 Å². The number of aliphatic hydroxyl groups is 1. The maximum absolute atomic E-state index is 11.9. The number of ether oxygens (including phenoxy) is 1. The highest BCUT2D eigenvalue weighted by molar-refractivity contribution is 5.85. The first-order valence-corrected chi connectivity index (χ1v) is 6.59. The third-order valence-corrected chi connectivity index (χ3v) is 2.41. The molecule has 1 atom stereocenters. The minimum atomic E-state index is -1.05. The third kappa shape index (κ3) is 6.71. The predicted molar refractivity (Wildman–Crippen MR) is 76.3 cm³/mol. The zero-order valence-corrected chi connectivity index (χ0v) is 12.4. The number of nitrogens with one attached hydrogen (secondary N) is 2. The Kier molecular flexibility index (Phi) is 6.10. The molecule has 1 aromatic heterocycles. The maximum Gasteiger partial charge on any atom is 0.408 e. The standard InChI is InChI=1S/C14H21N3O4/c1-14(2,3)21-13(20)17-11(9-18)12(19)16-8-10-4-6-15-7-5-10/h4-7,11,18H,8-9H2,1-3H3,(H,16,19)(H,17,20). The Morgan fingerprint density at radius 2 is 1.95 bits per heavy atom. The van der Waals surface area contributed by atoms with Gasteiger partial charge in [0.25, 0.3) is 0 Å². The van der Waals surface area contributed by atoms with Gasteiger partial charge in [0.15, 0.2) is 0 Å². The second-order valence-electron chi connectivity index (χ2n) is 5.45. The summed E-state index contributed by atoms with van der Waals surface area (Å²) in [7, 11) is 0. The van der Waals surface area contributed by atoms with Crippen molar-refractivity contribution in [2.45, 2.75) is 39.0 Å². The van der Waals surface area contributed by atoms with Gasteiger partial charge in [0, 0.05) is 18.9 Å². The predicted octanol–water partition coefficient (Wildman–Crippen LogP) is 0.583. The highest BCUT2D eigenvalue weighted by atomic mass is 16.6. The monoisotopic (exact) mass is 295 g/mol. The molecule has 0 radical (unpaired) electrons. The van der Waals surface area contributed by atoms with E-state index in [0.717, 1.165) is 5.56 Å². The number of hydrogen-bond donors (Lipinski definition) is 3. The number of carbonyl (C=O) groups excluding carboxylic acids is 2. The molecule has 1 heterocycles. The fourth-order valence-corrected chi connectivity index (χ4v) is 1.46. The van der Waals surface area contributed by atoms with Crippen LogP contribution in [0.5, 0.6) is 0 Å². The molecule has 0 spiro atoms. The second-order valence-corrected chi connectivity index (χ2v) is 5.45. The molecule has 0 fully saturated rings. The van der Waals surface area contributed by atoms with Crippen molar-refractivity contribution < 1.29 is 19.4 Å². The minimum absolute atomic E-state index is 0.286. The summed E-state index contributed by atoms with van der Waals surface area (Å²) >= 11 is 0. The van der Waals surface area contributed by atoms with Crippen molar-refractivity contribution >= 4 is 12.0 Å². The molecule has 0 aliphatic heterocycles. The van der Waals surface area contributed by atoms with Gasteiger partial charge in [-0.3, -0.25) is 9.78 Å². The van der Waals surface area contributed by atoms with Crippen LogP contribution in [0, 0.1) is 0 Å². The van der Waals surface area contributed by atoms with Gasteiger partial charge in [-0.05, 0) is 38.5 Å². The van der Waals surface area contributed by atoms with E-state index in [0.29, 0.717) is 0 Å². The quantitative estimate of drug-likeness (QED) is 0.738. The van der Waals surface area contributed by atoms with Crippen LogP contribution in [0.4, 0.5) is 4.79 Å². The number of rotatable bonds is 5. The lowest BCUT2D eigenvalue weighted by Gasteiger charge is -2.22. The Morgan fingerprint density at radius 3 is 2.48 bits per heavy atom. The molecule has 3 N–H and O–H groups in total. The molecular formula is C14H21N3O4. The van der Waals surface area contributed by atoms with E-state index < -0.39 is 30.3 Å². The Hall–Kier alpha value is -2.15. The zero-order chi connectivity index (χ0) is 15.9. The Labute approximate surface area is 123 Å². The topological polar surface area (TPSA) is 101 Å². The largest absolute Gasteiger partial charge is 0.444 e. The van der Waals surface area contributed by atoms with Crippen molar-refractivity contribution in [1.29, 1.82) is 0 Å². The van der Waals surface area contributed by atoms with Crippen LogP contribution in [0.3, 0.4) is 0 Å². The lowest BCUT2D eigenvalue weighted by Crippen LogP contribution is -2.49. The maximum atomic E-state index is 11.9. The molecule has 116 valence electrons. The number of carbonyl (C=O) groups is 2. The molecule has 0 saturated carbocycles. The van der Waals surface area contributed by atoms with Crippen molar-refractivity contribution in [1.82, 2.24) is 15.6 Å². The van der Waals surface area contributed by atoms with Crippen molar-refractivity contribution in [3.8, 4) is 0 Å². The van der Waals surface area contributed by atoms with Crippen LogP contribution >= 0.6 is 0 Å². The van der Waals surface area contributed by atoms with E-state index in [1.165, 1.54) is 0 Å². The number of aromatic nitrogens is 1. The summed E-state index contributed by atoms with van der Waals surface area (Å²) in [6.07, 6.45) is 2.48. The SMILES string of the molecule is CC(C)(C)OC(=O)NC(CO)C(=O)NCc1ccncc1. The van der Waals surface area contributed by atoms with E-state index in [9.17, 15) is 14.7 Å². The minimum Gasteiger partial charge on any atom is -0.444 e. The Bertz CT molecular complexity index is 471. The first-order chi connectivity index (χ1) is 9.81. The van der Waals surface area contributed by atoms with Gasteiger partial charge < -0.3 is 20.5 Å². The van der Waals surface area contributed by atoms with Gasteiger partial charge in [-0.25, -0.2) is 4.79 Å². The van der Waals surface area contributed by atoms with E-state index in [4.69, 9.17) is 4.74 Å². The van der Waals surface area contributed by atoms with Gasteiger partial charge in [0.05, 0.1) is 6.61 Å². The average molecular weight is 295 g/mol. The van der Waals surface area contributed by atoms with Gasteiger partial charge in [-0.15, -0.1) is 0 Å². The van der Waals surface area contributed by atoms with Crippen molar-refractivity contribution in [3.05, 3.63) is 30.1 Å². The van der Waals surface area contributed by atoms with E-state index in [1.54, 1.807) is 45.3 Å². The van der Waals surface area contributed by atoms with Gasteiger partial charge >= 0.3 is 6.09 Å². The summed E-state index contributed by atoms with van der Waals surface area (Å²) in [5, 5.41) is 14.1. The fourth-order valence-electron chi connectivity index (χ4n) is 1.46. The molecule has 1 rings (SSSR count). The molecule has 0 aliphatic carbocycles. The van der Waals surface area contributed by atoms with Crippen LogP contribution in [0.2, 0.25) is 0 Å². The molecule has 2 amide bonds. The highest BCUT2D eigenvalue weighted by Gasteiger charge is 2.23. The Balaban J connectivity index is 2.48. The number of amides is 2. The van der Waals surface area contributed by atoms with Crippen molar-refractivity contribution in [2.75, 3.05) is 6.61 Å². The molecule has 0 bridgehead atoms. The molecule has 1 aromatic rings. The summed E-state index contributed by atoms with van der Waals surface area (Å²) in [5.74, 6) is -0.486. The summed E-state index contributed by atoms with van der Waals surface area (Å²) in [5.41, 5.74) is 0.199. The number of hydrogen-bond acceptors (Lipinski definition) is 5. The summed E-state index contributed by atoms with van der Waals surface area (Å²) in [6, 6.07) is 2.46. The lowest BCUT2D eigenvalue weighted by atomic mass is 10.2. The number of pyridine rings is 1.